The fourth-order valence-electron chi connectivity index (χ4n) is 1.74. The van der Waals surface area contributed by atoms with Crippen molar-refractivity contribution in [2.45, 2.75) is 26.2 Å². The van der Waals surface area contributed by atoms with Crippen molar-refractivity contribution in [3.8, 4) is 0 Å². The van der Waals surface area contributed by atoms with Gasteiger partial charge in [0.15, 0.2) is 5.65 Å². The van der Waals surface area contributed by atoms with Gasteiger partial charge in [0.2, 0.25) is 16.0 Å². The van der Waals surface area contributed by atoms with E-state index in [9.17, 15) is 8.42 Å². The van der Waals surface area contributed by atoms with Crippen LogP contribution in [0.1, 0.15) is 26.3 Å². The lowest BCUT2D eigenvalue weighted by atomic mass is 9.88. The van der Waals surface area contributed by atoms with E-state index in [-0.39, 0.29) is 11.4 Å². The van der Waals surface area contributed by atoms with Crippen molar-refractivity contribution in [1.82, 2.24) is 14.6 Å². The molecule has 7 heteroatoms. The van der Waals surface area contributed by atoms with Gasteiger partial charge in [0.05, 0.1) is 6.26 Å². The van der Waals surface area contributed by atoms with Crippen molar-refractivity contribution >= 4 is 21.6 Å². The summed E-state index contributed by atoms with van der Waals surface area (Å²) in [6.07, 6.45) is 2.82. The summed E-state index contributed by atoms with van der Waals surface area (Å²) in [6, 6.07) is 3.82. The maximum Gasteiger partial charge on any atom is 0.242 e. The molecule has 2 heterocycles. The predicted molar refractivity (Wildman–Crippen MR) is 70.2 cm³/mol. The molecule has 18 heavy (non-hydrogen) atoms. The van der Waals surface area contributed by atoms with Gasteiger partial charge in [0.1, 0.15) is 0 Å². The van der Waals surface area contributed by atoms with Crippen LogP contribution in [0.3, 0.4) is 0 Å². The Morgan fingerprint density at radius 3 is 2.50 bits per heavy atom. The molecule has 6 nitrogen and oxygen atoms in total. The van der Waals surface area contributed by atoms with Gasteiger partial charge in [0.25, 0.3) is 0 Å². The average Bonchev–Trinajstić information content (AvgIpc) is 2.57. The minimum absolute atomic E-state index is 0.0854. The fraction of sp³-hybridized carbons (Fsp3) is 0.455. The van der Waals surface area contributed by atoms with Crippen molar-refractivity contribution in [2.75, 3.05) is 11.0 Å². The van der Waals surface area contributed by atoms with Crippen LogP contribution in [-0.2, 0) is 15.4 Å². The number of nitrogens with one attached hydrogen (secondary N) is 1. The first kappa shape index (κ1) is 12.8. The Hall–Kier alpha value is -1.63. The predicted octanol–water partition coefficient (Wildman–Crippen LogP) is 1.40. The zero-order chi connectivity index (χ0) is 13.6. The second-order valence-corrected chi connectivity index (χ2v) is 7.01. The molecule has 2 aromatic rings. The van der Waals surface area contributed by atoms with Gasteiger partial charge in [-0.05, 0) is 11.5 Å². The Kier molecular flexibility index (Phi) is 2.81. The molecule has 0 amide bonds. The second kappa shape index (κ2) is 3.94. The van der Waals surface area contributed by atoms with Crippen molar-refractivity contribution < 1.29 is 8.42 Å². The lowest BCUT2D eigenvalue weighted by Gasteiger charge is -2.19. The van der Waals surface area contributed by atoms with Gasteiger partial charge >= 0.3 is 0 Å². The highest BCUT2D eigenvalue weighted by Crippen LogP contribution is 2.26. The first-order valence-electron chi connectivity index (χ1n) is 5.50. The molecule has 0 fully saturated rings. The number of hydrogen-bond acceptors (Lipinski definition) is 4. The van der Waals surface area contributed by atoms with Crippen LogP contribution in [0, 0.1) is 0 Å². The molecular weight excluding hydrogens is 252 g/mol. The van der Waals surface area contributed by atoms with E-state index >= 15 is 0 Å². The van der Waals surface area contributed by atoms with E-state index in [2.05, 4.69) is 35.7 Å². The Morgan fingerprint density at radius 1 is 1.28 bits per heavy atom. The van der Waals surface area contributed by atoms with E-state index in [4.69, 9.17) is 0 Å². The van der Waals surface area contributed by atoms with Crippen LogP contribution in [0.25, 0.3) is 5.65 Å². The maximum atomic E-state index is 11.2. The number of pyridine rings is 1. The second-order valence-electron chi connectivity index (χ2n) is 5.26. The summed E-state index contributed by atoms with van der Waals surface area (Å²) in [4.78, 5) is 0. The Labute approximate surface area is 106 Å². The zero-order valence-corrected chi connectivity index (χ0v) is 11.6. The van der Waals surface area contributed by atoms with Gasteiger partial charge in [-0.25, -0.2) is 8.42 Å². The van der Waals surface area contributed by atoms with Crippen LogP contribution in [0.4, 0.5) is 5.95 Å². The van der Waals surface area contributed by atoms with E-state index in [0.29, 0.717) is 5.65 Å². The minimum Gasteiger partial charge on any atom is -0.268 e. The third-order valence-corrected chi connectivity index (χ3v) is 3.07. The Bertz CT molecular complexity index is 683. The van der Waals surface area contributed by atoms with Gasteiger partial charge in [-0.15, -0.1) is 10.2 Å². The SMILES string of the molecule is CC(C)(C)c1cccn2c(NS(C)(=O)=O)nnc12. The van der Waals surface area contributed by atoms with Gasteiger partial charge in [0, 0.05) is 11.8 Å². The van der Waals surface area contributed by atoms with Gasteiger partial charge in [-0.1, -0.05) is 26.8 Å². The number of fused-ring (bicyclic) bond motifs is 1. The molecule has 0 atom stereocenters. The number of hydrogen-bond donors (Lipinski definition) is 1. The normalized spacial score (nSPS) is 12.9. The Morgan fingerprint density at radius 2 is 1.94 bits per heavy atom. The third-order valence-electron chi connectivity index (χ3n) is 2.52. The van der Waals surface area contributed by atoms with E-state index < -0.39 is 10.0 Å². The van der Waals surface area contributed by atoms with E-state index in [0.717, 1.165) is 11.8 Å². The number of aromatic nitrogens is 3. The summed E-state index contributed by atoms with van der Waals surface area (Å²) in [6.45, 7) is 6.21. The quantitative estimate of drug-likeness (QED) is 0.893. The molecule has 2 rings (SSSR count). The third kappa shape index (κ3) is 2.45. The summed E-state index contributed by atoms with van der Waals surface area (Å²) < 4.78 is 26.4. The molecule has 2 aromatic heterocycles. The first-order valence-corrected chi connectivity index (χ1v) is 7.40. The minimum atomic E-state index is -3.36. The van der Waals surface area contributed by atoms with Gasteiger partial charge in [-0.2, -0.15) is 0 Å². The van der Waals surface area contributed by atoms with Crippen LogP contribution in [0.15, 0.2) is 18.3 Å². The summed E-state index contributed by atoms with van der Waals surface area (Å²) in [7, 11) is -3.36. The lowest BCUT2D eigenvalue weighted by molar-refractivity contribution is 0.591. The first-order chi connectivity index (χ1) is 8.18. The van der Waals surface area contributed by atoms with Crippen LogP contribution < -0.4 is 4.72 Å². The standard InChI is InChI=1S/C11H16N4O2S/c1-11(2,3)8-6-5-7-15-9(8)12-13-10(15)14-18(4,16)17/h5-7H,1-4H3,(H,13,14). The largest absolute Gasteiger partial charge is 0.268 e. The fourth-order valence-corrected chi connectivity index (χ4v) is 2.21. The molecule has 0 aliphatic carbocycles. The number of nitrogens with zero attached hydrogens (tertiary/aromatic N) is 3. The molecule has 0 radical (unpaired) electrons. The molecule has 0 aromatic carbocycles. The molecule has 0 bridgehead atoms. The van der Waals surface area contributed by atoms with Crippen LogP contribution in [-0.4, -0.2) is 29.3 Å². The summed E-state index contributed by atoms with van der Waals surface area (Å²) in [5, 5.41) is 7.93. The van der Waals surface area contributed by atoms with Crippen LogP contribution in [0.2, 0.25) is 0 Å². The van der Waals surface area contributed by atoms with Crippen molar-refractivity contribution in [3.05, 3.63) is 23.9 Å². The molecule has 0 aliphatic heterocycles. The summed E-state index contributed by atoms with van der Waals surface area (Å²) >= 11 is 0. The monoisotopic (exact) mass is 268 g/mol. The zero-order valence-electron chi connectivity index (χ0n) is 10.8. The summed E-state index contributed by atoms with van der Waals surface area (Å²) in [5.74, 6) is 0.207. The average molecular weight is 268 g/mol. The highest BCUT2D eigenvalue weighted by Gasteiger charge is 2.20. The molecular formula is C11H16N4O2S. The molecule has 0 unspecified atom stereocenters. The highest BCUT2D eigenvalue weighted by atomic mass is 32.2. The molecule has 0 saturated heterocycles. The van der Waals surface area contributed by atoms with Gasteiger partial charge in [-0.3, -0.25) is 9.12 Å². The van der Waals surface area contributed by atoms with Crippen LogP contribution in [0.5, 0.6) is 0 Å². The number of sulfonamides is 1. The topological polar surface area (TPSA) is 76.4 Å². The Balaban J connectivity index is 2.63. The maximum absolute atomic E-state index is 11.2. The van der Waals surface area contributed by atoms with Gasteiger partial charge < -0.3 is 0 Å². The van der Waals surface area contributed by atoms with E-state index in [1.54, 1.807) is 10.6 Å². The smallest absolute Gasteiger partial charge is 0.242 e. The summed E-state index contributed by atoms with van der Waals surface area (Å²) in [5.41, 5.74) is 1.59. The molecule has 0 spiro atoms. The van der Waals surface area contributed by atoms with Crippen molar-refractivity contribution in [2.24, 2.45) is 0 Å². The van der Waals surface area contributed by atoms with E-state index in [1.807, 2.05) is 12.1 Å². The van der Waals surface area contributed by atoms with Crippen molar-refractivity contribution in [3.63, 3.8) is 0 Å². The molecule has 98 valence electrons. The molecule has 0 aliphatic rings. The molecule has 0 saturated carbocycles. The number of anilines is 1. The van der Waals surface area contributed by atoms with E-state index in [1.165, 1.54) is 0 Å². The molecule has 1 N–H and O–H groups in total. The number of rotatable bonds is 2. The highest BCUT2D eigenvalue weighted by molar-refractivity contribution is 7.91. The van der Waals surface area contributed by atoms with Crippen molar-refractivity contribution in [1.29, 1.82) is 0 Å². The lowest BCUT2D eigenvalue weighted by Crippen LogP contribution is -2.14. The van der Waals surface area contributed by atoms with Crippen LogP contribution >= 0.6 is 0 Å².